The number of aromatic nitrogens is 2. The number of hydrogen-bond acceptors (Lipinski definition) is 1. The fourth-order valence-electron chi connectivity index (χ4n) is 1.69. The zero-order chi connectivity index (χ0) is 13.3. The standard InChI is InChI=1S/C12H11Cl2N3O/c1-16-6-11(17(2)7-16)12(18)15-10-4-8(13)3-9(14)5-10/h3-7H,1-2H3/p+1. The van der Waals surface area contributed by atoms with Gasteiger partial charge in [-0.15, -0.1) is 0 Å². The summed E-state index contributed by atoms with van der Waals surface area (Å²) < 4.78 is 3.54. The molecule has 18 heavy (non-hydrogen) atoms. The summed E-state index contributed by atoms with van der Waals surface area (Å²) in [4.78, 5) is 12.0. The average Bonchev–Trinajstić information content (AvgIpc) is 2.56. The topological polar surface area (TPSA) is 37.9 Å². The fourth-order valence-corrected chi connectivity index (χ4v) is 2.22. The molecule has 0 saturated heterocycles. The number of imidazole rings is 1. The van der Waals surface area contributed by atoms with Crippen LogP contribution >= 0.6 is 23.2 Å². The molecule has 0 aliphatic heterocycles. The van der Waals surface area contributed by atoms with Crippen LogP contribution in [0.3, 0.4) is 0 Å². The Hall–Kier alpha value is -1.52. The van der Waals surface area contributed by atoms with Crippen molar-refractivity contribution in [1.29, 1.82) is 0 Å². The molecule has 0 aliphatic carbocycles. The van der Waals surface area contributed by atoms with Crippen molar-refractivity contribution in [3.63, 3.8) is 0 Å². The third-order valence-corrected chi connectivity index (χ3v) is 2.85. The summed E-state index contributed by atoms with van der Waals surface area (Å²) in [5.41, 5.74) is 1.12. The van der Waals surface area contributed by atoms with Gasteiger partial charge in [0.05, 0.1) is 14.1 Å². The zero-order valence-electron chi connectivity index (χ0n) is 9.95. The second-order valence-corrected chi connectivity index (χ2v) is 4.89. The van der Waals surface area contributed by atoms with Crippen LogP contribution in [0.15, 0.2) is 30.7 Å². The molecule has 0 bridgehead atoms. The molecule has 0 atom stereocenters. The Morgan fingerprint density at radius 3 is 2.39 bits per heavy atom. The third-order valence-electron chi connectivity index (χ3n) is 2.41. The van der Waals surface area contributed by atoms with Gasteiger partial charge in [-0.05, 0) is 18.2 Å². The molecule has 1 amide bonds. The number of halogens is 2. The molecular formula is C12H12Cl2N3O+. The minimum absolute atomic E-state index is 0.212. The van der Waals surface area contributed by atoms with E-state index < -0.39 is 0 Å². The first-order chi connectivity index (χ1) is 8.45. The third kappa shape index (κ3) is 2.83. The predicted octanol–water partition coefficient (Wildman–Crippen LogP) is 2.41. The van der Waals surface area contributed by atoms with E-state index in [1.165, 1.54) is 0 Å². The van der Waals surface area contributed by atoms with Gasteiger partial charge in [-0.1, -0.05) is 23.2 Å². The van der Waals surface area contributed by atoms with Gasteiger partial charge in [-0.3, -0.25) is 4.79 Å². The number of carbonyl (C=O) groups excluding carboxylic acids is 1. The molecule has 94 valence electrons. The van der Waals surface area contributed by atoms with Crippen LogP contribution in [0.2, 0.25) is 10.0 Å². The SMILES string of the molecule is Cn1c[n+](C)cc1C(=O)Nc1cc(Cl)cc(Cl)c1. The number of amides is 1. The molecule has 2 aromatic rings. The van der Waals surface area contributed by atoms with E-state index >= 15 is 0 Å². The van der Waals surface area contributed by atoms with E-state index in [1.54, 1.807) is 46.9 Å². The largest absolute Gasteiger partial charge is 0.319 e. The number of rotatable bonds is 2. The van der Waals surface area contributed by atoms with Gasteiger partial charge in [0.25, 0.3) is 5.91 Å². The summed E-state index contributed by atoms with van der Waals surface area (Å²) in [7, 11) is 3.66. The molecule has 1 heterocycles. The maximum absolute atomic E-state index is 12.0. The molecule has 1 aromatic carbocycles. The van der Waals surface area contributed by atoms with E-state index in [2.05, 4.69) is 5.32 Å². The number of benzene rings is 1. The summed E-state index contributed by atoms with van der Waals surface area (Å²) in [6.45, 7) is 0. The van der Waals surface area contributed by atoms with E-state index in [-0.39, 0.29) is 5.91 Å². The molecule has 0 spiro atoms. The van der Waals surface area contributed by atoms with Gasteiger partial charge in [0, 0.05) is 15.7 Å². The van der Waals surface area contributed by atoms with Crippen molar-refractivity contribution >= 4 is 34.8 Å². The molecular weight excluding hydrogens is 273 g/mol. The average molecular weight is 285 g/mol. The predicted molar refractivity (Wildman–Crippen MR) is 71.0 cm³/mol. The number of carbonyl (C=O) groups is 1. The highest BCUT2D eigenvalue weighted by Crippen LogP contribution is 2.22. The number of anilines is 1. The summed E-state index contributed by atoms with van der Waals surface area (Å²) in [6, 6.07) is 4.91. The van der Waals surface area contributed by atoms with E-state index in [0.29, 0.717) is 21.4 Å². The van der Waals surface area contributed by atoms with Gasteiger partial charge in [0.1, 0.15) is 6.20 Å². The molecule has 0 fully saturated rings. The Labute approximate surface area is 115 Å². The molecule has 0 radical (unpaired) electrons. The van der Waals surface area contributed by atoms with Gasteiger partial charge in [-0.25, -0.2) is 9.13 Å². The Morgan fingerprint density at radius 2 is 1.89 bits per heavy atom. The van der Waals surface area contributed by atoms with E-state index in [0.717, 1.165) is 0 Å². The smallest absolute Gasteiger partial charge is 0.299 e. The maximum Gasteiger partial charge on any atom is 0.299 e. The Balaban J connectivity index is 2.23. The van der Waals surface area contributed by atoms with E-state index in [9.17, 15) is 4.79 Å². The molecule has 0 saturated carbocycles. The van der Waals surface area contributed by atoms with Gasteiger partial charge in [0.15, 0.2) is 0 Å². The summed E-state index contributed by atoms with van der Waals surface area (Å²) in [6.07, 6.45) is 3.54. The Morgan fingerprint density at radius 1 is 1.28 bits per heavy atom. The number of aryl methyl sites for hydroxylation is 2. The van der Waals surface area contributed by atoms with Crippen molar-refractivity contribution < 1.29 is 9.36 Å². The molecule has 0 unspecified atom stereocenters. The van der Waals surface area contributed by atoms with Crippen molar-refractivity contribution in [3.8, 4) is 0 Å². The van der Waals surface area contributed by atoms with Crippen LogP contribution < -0.4 is 9.88 Å². The molecule has 1 N–H and O–H groups in total. The van der Waals surface area contributed by atoms with E-state index in [4.69, 9.17) is 23.2 Å². The van der Waals surface area contributed by atoms with Crippen LogP contribution in [0.1, 0.15) is 10.5 Å². The lowest BCUT2D eigenvalue weighted by molar-refractivity contribution is -0.671. The molecule has 2 rings (SSSR count). The molecule has 0 aliphatic rings. The minimum atomic E-state index is -0.212. The lowest BCUT2D eigenvalue weighted by Gasteiger charge is -2.04. The first kappa shape index (κ1) is 12.9. The first-order valence-electron chi connectivity index (χ1n) is 5.25. The highest BCUT2D eigenvalue weighted by atomic mass is 35.5. The van der Waals surface area contributed by atoms with Crippen LogP contribution in [0.25, 0.3) is 0 Å². The van der Waals surface area contributed by atoms with E-state index in [1.807, 2.05) is 7.05 Å². The Kier molecular flexibility index (Phi) is 3.59. The number of nitrogens with zero attached hydrogens (tertiary/aromatic N) is 2. The van der Waals surface area contributed by atoms with Gasteiger partial charge in [0.2, 0.25) is 12.0 Å². The molecule has 1 aromatic heterocycles. The lowest BCUT2D eigenvalue weighted by atomic mass is 10.3. The van der Waals surface area contributed by atoms with Crippen molar-refractivity contribution in [1.82, 2.24) is 4.57 Å². The maximum atomic E-state index is 12.0. The molecule has 6 heteroatoms. The van der Waals surface area contributed by atoms with Crippen LogP contribution in [-0.2, 0) is 14.1 Å². The normalized spacial score (nSPS) is 10.4. The van der Waals surface area contributed by atoms with Crippen molar-refractivity contribution in [2.45, 2.75) is 0 Å². The monoisotopic (exact) mass is 284 g/mol. The second-order valence-electron chi connectivity index (χ2n) is 4.02. The Bertz CT molecular complexity index is 587. The number of nitrogens with one attached hydrogen (secondary N) is 1. The van der Waals surface area contributed by atoms with Gasteiger partial charge < -0.3 is 5.32 Å². The summed E-state index contributed by atoms with van der Waals surface area (Å²) in [5.74, 6) is -0.212. The van der Waals surface area contributed by atoms with Gasteiger partial charge >= 0.3 is 0 Å². The van der Waals surface area contributed by atoms with Crippen LogP contribution in [-0.4, -0.2) is 10.5 Å². The minimum Gasteiger partial charge on any atom is -0.319 e. The zero-order valence-corrected chi connectivity index (χ0v) is 11.5. The lowest BCUT2D eigenvalue weighted by Crippen LogP contribution is -2.24. The quantitative estimate of drug-likeness (QED) is 0.845. The van der Waals surface area contributed by atoms with Crippen molar-refractivity contribution in [3.05, 3.63) is 46.5 Å². The van der Waals surface area contributed by atoms with Crippen molar-refractivity contribution in [2.24, 2.45) is 14.1 Å². The van der Waals surface area contributed by atoms with Crippen LogP contribution in [0, 0.1) is 0 Å². The van der Waals surface area contributed by atoms with Crippen LogP contribution in [0.4, 0.5) is 5.69 Å². The first-order valence-corrected chi connectivity index (χ1v) is 6.00. The number of hydrogen-bond donors (Lipinski definition) is 1. The highest BCUT2D eigenvalue weighted by Gasteiger charge is 2.17. The molecule has 4 nitrogen and oxygen atoms in total. The second kappa shape index (κ2) is 5.00. The summed E-state index contributed by atoms with van der Waals surface area (Å²) >= 11 is 11.7. The van der Waals surface area contributed by atoms with Gasteiger partial charge in [-0.2, -0.15) is 0 Å². The summed E-state index contributed by atoms with van der Waals surface area (Å²) in [5, 5.41) is 3.72. The van der Waals surface area contributed by atoms with Crippen LogP contribution in [0.5, 0.6) is 0 Å². The van der Waals surface area contributed by atoms with Crippen molar-refractivity contribution in [2.75, 3.05) is 5.32 Å². The highest BCUT2D eigenvalue weighted by molar-refractivity contribution is 6.35. The fraction of sp³-hybridized carbons (Fsp3) is 0.167.